The fourth-order valence-corrected chi connectivity index (χ4v) is 2.10. The van der Waals surface area contributed by atoms with Gasteiger partial charge in [-0.25, -0.2) is 0 Å². The van der Waals surface area contributed by atoms with Crippen LogP contribution in [0.25, 0.3) is 0 Å². The lowest BCUT2D eigenvalue weighted by atomic mass is 10.1. The average molecular weight is 265 g/mol. The molecular formula is C13H16FN3O2. The molecule has 0 atom stereocenters. The largest absolute Gasteiger partial charge is 0.379 e. The topological polar surface area (TPSA) is 67.2 Å². The molecule has 6 heteroatoms. The molecule has 0 unspecified atom stereocenters. The maximum atomic E-state index is 13.4. The molecule has 1 aromatic carbocycles. The Balaban J connectivity index is 1.97. The number of nitrogens with zero attached hydrogens (tertiary/aromatic N) is 1. The third kappa shape index (κ3) is 3.51. The van der Waals surface area contributed by atoms with E-state index in [2.05, 4.69) is 16.7 Å². The molecule has 1 heterocycles. The number of hydrogen-bond acceptors (Lipinski definition) is 4. The summed E-state index contributed by atoms with van der Waals surface area (Å²) in [7, 11) is 0. The summed E-state index contributed by atoms with van der Waals surface area (Å²) in [6, 6.07) is 4.09. The second kappa shape index (κ2) is 6.29. The number of halogens is 1. The van der Waals surface area contributed by atoms with Crippen LogP contribution in [0.2, 0.25) is 0 Å². The van der Waals surface area contributed by atoms with Crippen molar-refractivity contribution in [3.8, 4) is 0 Å². The van der Waals surface area contributed by atoms with E-state index in [4.69, 9.17) is 0 Å². The van der Waals surface area contributed by atoms with Crippen molar-refractivity contribution in [3.63, 3.8) is 0 Å². The molecule has 0 radical (unpaired) electrons. The van der Waals surface area contributed by atoms with Crippen LogP contribution < -0.4 is 10.6 Å². The van der Waals surface area contributed by atoms with Crippen molar-refractivity contribution in [2.45, 2.75) is 12.8 Å². The average Bonchev–Trinajstić information content (AvgIpc) is 2.39. The van der Waals surface area contributed by atoms with Crippen LogP contribution in [0, 0.1) is 15.9 Å². The van der Waals surface area contributed by atoms with E-state index in [-0.39, 0.29) is 5.69 Å². The minimum absolute atomic E-state index is 0.236. The Hall–Kier alpha value is -1.95. The molecule has 0 saturated carbocycles. The molecule has 19 heavy (non-hydrogen) atoms. The molecule has 1 aliphatic rings. The zero-order valence-corrected chi connectivity index (χ0v) is 10.5. The molecule has 1 aliphatic heterocycles. The molecule has 0 aromatic heterocycles. The Morgan fingerprint density at radius 1 is 1.47 bits per heavy atom. The quantitative estimate of drug-likeness (QED) is 0.487. The zero-order chi connectivity index (χ0) is 13.7. The molecule has 0 spiro atoms. The highest BCUT2D eigenvalue weighted by atomic mass is 19.1. The maximum Gasteiger partial charge on any atom is 0.327 e. The lowest BCUT2D eigenvalue weighted by Crippen LogP contribution is -2.21. The Bertz CT molecular complexity index is 503. The third-order valence-corrected chi connectivity index (χ3v) is 3.09. The van der Waals surface area contributed by atoms with Gasteiger partial charge in [0.2, 0.25) is 5.82 Å². The number of para-hydroxylation sites is 1. The van der Waals surface area contributed by atoms with E-state index in [1.807, 2.05) is 0 Å². The van der Waals surface area contributed by atoms with E-state index in [1.165, 1.54) is 17.7 Å². The van der Waals surface area contributed by atoms with Crippen LogP contribution in [0.4, 0.5) is 15.8 Å². The van der Waals surface area contributed by atoms with Crippen molar-refractivity contribution in [2.75, 3.05) is 25.0 Å². The molecule has 102 valence electrons. The monoisotopic (exact) mass is 265 g/mol. The Kier molecular flexibility index (Phi) is 4.46. The van der Waals surface area contributed by atoms with Crippen molar-refractivity contribution in [1.82, 2.24) is 5.32 Å². The van der Waals surface area contributed by atoms with Crippen LogP contribution in [0.5, 0.6) is 0 Å². The van der Waals surface area contributed by atoms with E-state index < -0.39 is 16.4 Å². The van der Waals surface area contributed by atoms with Gasteiger partial charge in [0, 0.05) is 13.1 Å². The van der Waals surface area contributed by atoms with Gasteiger partial charge in [-0.2, -0.15) is 4.39 Å². The van der Waals surface area contributed by atoms with E-state index in [0.29, 0.717) is 6.54 Å². The zero-order valence-electron chi connectivity index (χ0n) is 10.5. The van der Waals surface area contributed by atoms with Crippen LogP contribution in [-0.4, -0.2) is 24.6 Å². The van der Waals surface area contributed by atoms with Gasteiger partial charge in [-0.05, 0) is 31.5 Å². The van der Waals surface area contributed by atoms with Crippen molar-refractivity contribution in [2.24, 2.45) is 0 Å². The van der Waals surface area contributed by atoms with Crippen LogP contribution in [0.15, 0.2) is 29.8 Å². The minimum Gasteiger partial charge on any atom is -0.379 e. The van der Waals surface area contributed by atoms with Crippen LogP contribution >= 0.6 is 0 Å². The van der Waals surface area contributed by atoms with Gasteiger partial charge >= 0.3 is 5.69 Å². The molecule has 0 fully saturated rings. The lowest BCUT2D eigenvalue weighted by Gasteiger charge is -2.14. The fourth-order valence-electron chi connectivity index (χ4n) is 2.10. The van der Waals surface area contributed by atoms with Crippen molar-refractivity contribution >= 4 is 11.4 Å². The lowest BCUT2D eigenvalue weighted by molar-refractivity contribution is -0.386. The number of benzene rings is 1. The Labute approximate surface area is 110 Å². The molecule has 2 rings (SSSR count). The molecule has 0 aliphatic carbocycles. The predicted molar refractivity (Wildman–Crippen MR) is 71.7 cm³/mol. The van der Waals surface area contributed by atoms with Gasteiger partial charge in [-0.1, -0.05) is 17.7 Å². The highest BCUT2D eigenvalue weighted by Gasteiger charge is 2.19. The van der Waals surface area contributed by atoms with Crippen molar-refractivity contribution < 1.29 is 9.31 Å². The second-order valence-corrected chi connectivity index (χ2v) is 4.39. The number of nitro groups is 1. The van der Waals surface area contributed by atoms with E-state index in [0.717, 1.165) is 32.0 Å². The van der Waals surface area contributed by atoms with Crippen LogP contribution in [0.3, 0.4) is 0 Å². The van der Waals surface area contributed by atoms with E-state index >= 15 is 0 Å². The number of nitrogens with one attached hydrogen (secondary N) is 2. The molecule has 0 bridgehead atoms. The van der Waals surface area contributed by atoms with Crippen LogP contribution in [-0.2, 0) is 0 Å². The van der Waals surface area contributed by atoms with Gasteiger partial charge in [0.15, 0.2) is 0 Å². The standard InChI is InChI=1S/C13H16FN3O2/c14-11-2-1-3-12(13(11)17(18)19)16-9-6-10-4-7-15-8-5-10/h1-4,15-16H,5-9H2. The van der Waals surface area contributed by atoms with Crippen LogP contribution in [0.1, 0.15) is 12.8 Å². The van der Waals surface area contributed by atoms with Crippen molar-refractivity contribution in [3.05, 3.63) is 45.8 Å². The van der Waals surface area contributed by atoms with Gasteiger partial charge in [0.25, 0.3) is 0 Å². The number of rotatable bonds is 5. The summed E-state index contributed by atoms with van der Waals surface area (Å²) in [5.41, 5.74) is 1.08. The van der Waals surface area contributed by atoms with Gasteiger partial charge in [0.1, 0.15) is 5.69 Å². The van der Waals surface area contributed by atoms with Gasteiger partial charge < -0.3 is 10.6 Å². The SMILES string of the molecule is O=[N+]([O-])c1c(F)cccc1NCCC1=CCNCC1. The summed E-state index contributed by atoms with van der Waals surface area (Å²) in [5.74, 6) is -0.809. The summed E-state index contributed by atoms with van der Waals surface area (Å²) >= 11 is 0. The van der Waals surface area contributed by atoms with Gasteiger partial charge in [-0.15, -0.1) is 0 Å². The summed E-state index contributed by atoms with van der Waals surface area (Å²) in [5, 5.41) is 17.0. The first-order valence-electron chi connectivity index (χ1n) is 6.24. The third-order valence-electron chi connectivity index (χ3n) is 3.09. The molecular weight excluding hydrogens is 249 g/mol. The Morgan fingerprint density at radius 2 is 2.32 bits per heavy atom. The number of hydrogen-bond donors (Lipinski definition) is 2. The molecule has 0 amide bonds. The highest BCUT2D eigenvalue weighted by molar-refractivity contribution is 5.61. The van der Waals surface area contributed by atoms with Gasteiger partial charge in [0.05, 0.1) is 4.92 Å². The Morgan fingerprint density at radius 3 is 3.00 bits per heavy atom. The molecule has 0 saturated heterocycles. The minimum atomic E-state index is -0.809. The summed E-state index contributed by atoms with van der Waals surface area (Å²) in [4.78, 5) is 10.1. The first kappa shape index (κ1) is 13.5. The van der Waals surface area contributed by atoms with Crippen molar-refractivity contribution in [1.29, 1.82) is 0 Å². The fraction of sp³-hybridized carbons (Fsp3) is 0.385. The number of anilines is 1. The highest BCUT2D eigenvalue weighted by Crippen LogP contribution is 2.27. The normalized spacial score (nSPS) is 14.9. The van der Waals surface area contributed by atoms with E-state index in [1.54, 1.807) is 0 Å². The van der Waals surface area contributed by atoms with E-state index in [9.17, 15) is 14.5 Å². The predicted octanol–water partition coefficient (Wildman–Crippen LogP) is 2.46. The summed E-state index contributed by atoms with van der Waals surface area (Å²) in [6.07, 6.45) is 3.94. The second-order valence-electron chi connectivity index (χ2n) is 4.39. The smallest absolute Gasteiger partial charge is 0.327 e. The molecule has 1 aromatic rings. The number of nitro benzene ring substituents is 1. The summed E-state index contributed by atoms with van der Waals surface area (Å²) in [6.45, 7) is 2.40. The molecule has 2 N–H and O–H groups in total. The first-order chi connectivity index (χ1) is 9.18. The van der Waals surface area contributed by atoms with Gasteiger partial charge in [-0.3, -0.25) is 10.1 Å². The first-order valence-corrected chi connectivity index (χ1v) is 6.24. The maximum absolute atomic E-state index is 13.4. The molecule has 5 nitrogen and oxygen atoms in total. The summed E-state index contributed by atoms with van der Waals surface area (Å²) < 4.78 is 13.4.